The third-order valence-electron chi connectivity index (χ3n) is 3.43. The van der Waals surface area contributed by atoms with E-state index in [0.29, 0.717) is 0 Å². The molecule has 1 aliphatic carbocycles. The van der Waals surface area contributed by atoms with Gasteiger partial charge in [-0.05, 0) is 37.5 Å². The van der Waals surface area contributed by atoms with Gasteiger partial charge in [0.1, 0.15) is 0 Å². The molecule has 80 valence electrons. The van der Waals surface area contributed by atoms with Gasteiger partial charge in [-0.2, -0.15) is 0 Å². The average Bonchev–Trinajstić information content (AvgIpc) is 2.62. The van der Waals surface area contributed by atoms with Gasteiger partial charge in [-0.3, -0.25) is 9.97 Å². The Morgan fingerprint density at radius 3 is 2.75 bits per heavy atom. The maximum atomic E-state index is 4.58. The van der Waals surface area contributed by atoms with Crippen LogP contribution in [0.4, 0.5) is 0 Å². The third-order valence-corrected chi connectivity index (χ3v) is 3.43. The predicted octanol–water partition coefficient (Wildman–Crippen LogP) is 2.97. The largest absolute Gasteiger partial charge is 0.254 e. The number of nitrogens with zero attached hydrogens (tertiary/aromatic N) is 2. The molecule has 0 aliphatic heterocycles. The molecule has 2 nitrogen and oxygen atoms in total. The first-order chi connectivity index (χ1) is 7.66. The topological polar surface area (TPSA) is 25.8 Å². The van der Waals surface area contributed by atoms with Gasteiger partial charge in [0.15, 0.2) is 0 Å². The Balaban J connectivity index is 2.27. The molecular weight excluding hydrogens is 196 g/mol. The molecule has 0 saturated heterocycles. The summed E-state index contributed by atoms with van der Waals surface area (Å²) in [6.45, 7) is 6.34. The predicted molar refractivity (Wildman–Crippen MR) is 64.5 cm³/mol. The standard InChI is InChI=1S/C14H14N2/c1-8-4-5-11-12(10(8)3)6-13-14(11)15-7-9(2)16-13/h4-5,7H,6H2,1-3H3. The lowest BCUT2D eigenvalue weighted by molar-refractivity contribution is 1.03. The molecule has 0 bridgehead atoms. The van der Waals surface area contributed by atoms with Crippen LogP contribution in [0.2, 0.25) is 0 Å². The first-order valence-corrected chi connectivity index (χ1v) is 5.59. The highest BCUT2D eigenvalue weighted by Gasteiger charge is 2.22. The van der Waals surface area contributed by atoms with Crippen LogP contribution in [-0.2, 0) is 6.42 Å². The Hall–Kier alpha value is -1.70. The van der Waals surface area contributed by atoms with Crippen molar-refractivity contribution in [3.63, 3.8) is 0 Å². The van der Waals surface area contributed by atoms with Crippen molar-refractivity contribution in [3.05, 3.63) is 46.4 Å². The first-order valence-electron chi connectivity index (χ1n) is 5.59. The van der Waals surface area contributed by atoms with Crippen LogP contribution in [0, 0.1) is 20.8 Å². The van der Waals surface area contributed by atoms with Gasteiger partial charge < -0.3 is 0 Å². The molecule has 1 aromatic heterocycles. The van der Waals surface area contributed by atoms with Crippen LogP contribution in [0.5, 0.6) is 0 Å². The van der Waals surface area contributed by atoms with Gasteiger partial charge in [0, 0.05) is 18.2 Å². The summed E-state index contributed by atoms with van der Waals surface area (Å²) in [6, 6.07) is 4.35. The van der Waals surface area contributed by atoms with E-state index in [0.717, 1.165) is 23.5 Å². The van der Waals surface area contributed by atoms with Crippen LogP contribution in [0.1, 0.15) is 28.1 Å². The van der Waals surface area contributed by atoms with Crippen molar-refractivity contribution in [1.82, 2.24) is 9.97 Å². The molecule has 0 saturated carbocycles. The third kappa shape index (κ3) is 1.19. The molecule has 0 amide bonds. The van der Waals surface area contributed by atoms with Crippen molar-refractivity contribution in [2.24, 2.45) is 0 Å². The molecule has 0 fully saturated rings. The number of rotatable bonds is 0. The Morgan fingerprint density at radius 2 is 1.94 bits per heavy atom. The Morgan fingerprint density at radius 1 is 1.12 bits per heavy atom. The lowest BCUT2D eigenvalue weighted by Gasteiger charge is -2.06. The fraction of sp³-hybridized carbons (Fsp3) is 0.286. The molecule has 0 atom stereocenters. The van der Waals surface area contributed by atoms with E-state index in [9.17, 15) is 0 Å². The Bertz CT molecular complexity index is 586. The number of benzene rings is 1. The quantitative estimate of drug-likeness (QED) is 0.570. The van der Waals surface area contributed by atoms with Gasteiger partial charge in [-0.25, -0.2) is 0 Å². The zero-order valence-electron chi connectivity index (χ0n) is 9.83. The highest BCUT2D eigenvalue weighted by Crippen LogP contribution is 2.36. The minimum atomic E-state index is 0.937. The fourth-order valence-corrected chi connectivity index (χ4v) is 2.37. The summed E-state index contributed by atoms with van der Waals surface area (Å²) in [5, 5.41) is 0. The monoisotopic (exact) mass is 210 g/mol. The second-order valence-corrected chi connectivity index (χ2v) is 4.52. The molecular formula is C14H14N2. The molecule has 1 heterocycles. The van der Waals surface area contributed by atoms with Crippen LogP contribution >= 0.6 is 0 Å². The number of hydrogen-bond acceptors (Lipinski definition) is 2. The van der Waals surface area contributed by atoms with Crippen molar-refractivity contribution in [2.75, 3.05) is 0 Å². The number of aromatic nitrogens is 2. The maximum absolute atomic E-state index is 4.58. The van der Waals surface area contributed by atoms with Crippen LogP contribution in [-0.4, -0.2) is 9.97 Å². The van der Waals surface area contributed by atoms with E-state index < -0.39 is 0 Å². The average molecular weight is 210 g/mol. The van der Waals surface area contributed by atoms with E-state index in [1.165, 1.54) is 22.3 Å². The zero-order valence-corrected chi connectivity index (χ0v) is 9.83. The van der Waals surface area contributed by atoms with Gasteiger partial charge in [-0.1, -0.05) is 12.1 Å². The van der Waals surface area contributed by atoms with Gasteiger partial charge in [0.2, 0.25) is 0 Å². The molecule has 0 unspecified atom stereocenters. The summed E-state index contributed by atoms with van der Waals surface area (Å²) in [6.07, 6.45) is 2.79. The van der Waals surface area contributed by atoms with Crippen LogP contribution in [0.15, 0.2) is 18.3 Å². The molecule has 1 aliphatic rings. The van der Waals surface area contributed by atoms with Gasteiger partial charge in [0.05, 0.1) is 17.1 Å². The molecule has 2 heteroatoms. The van der Waals surface area contributed by atoms with E-state index in [-0.39, 0.29) is 0 Å². The smallest absolute Gasteiger partial charge is 0.0923 e. The molecule has 2 aromatic rings. The highest BCUT2D eigenvalue weighted by atomic mass is 14.8. The van der Waals surface area contributed by atoms with E-state index >= 15 is 0 Å². The van der Waals surface area contributed by atoms with Crippen molar-refractivity contribution < 1.29 is 0 Å². The Labute approximate surface area is 95.4 Å². The molecule has 0 N–H and O–H groups in total. The van der Waals surface area contributed by atoms with E-state index in [4.69, 9.17) is 0 Å². The first kappa shape index (κ1) is 9.52. The van der Waals surface area contributed by atoms with Crippen LogP contribution < -0.4 is 0 Å². The van der Waals surface area contributed by atoms with Crippen LogP contribution in [0.25, 0.3) is 11.3 Å². The lowest BCUT2D eigenvalue weighted by Crippen LogP contribution is -1.92. The van der Waals surface area contributed by atoms with Crippen LogP contribution in [0.3, 0.4) is 0 Å². The molecule has 0 radical (unpaired) electrons. The summed E-state index contributed by atoms with van der Waals surface area (Å²) < 4.78 is 0. The lowest BCUT2D eigenvalue weighted by atomic mass is 9.99. The number of hydrogen-bond donors (Lipinski definition) is 0. The molecule has 0 spiro atoms. The second-order valence-electron chi connectivity index (χ2n) is 4.52. The summed E-state index contributed by atoms with van der Waals surface area (Å²) in [5.41, 5.74) is 8.61. The maximum Gasteiger partial charge on any atom is 0.0923 e. The normalized spacial score (nSPS) is 12.4. The summed E-state index contributed by atoms with van der Waals surface area (Å²) in [7, 11) is 0. The minimum Gasteiger partial charge on any atom is -0.254 e. The SMILES string of the molecule is Cc1cnc2c(n1)Cc1c-2ccc(C)c1C. The van der Waals surface area contributed by atoms with Gasteiger partial charge in [-0.15, -0.1) is 0 Å². The number of fused-ring (bicyclic) bond motifs is 3. The highest BCUT2D eigenvalue weighted by molar-refractivity contribution is 5.74. The van der Waals surface area contributed by atoms with E-state index in [1.807, 2.05) is 13.1 Å². The zero-order chi connectivity index (χ0) is 11.3. The van der Waals surface area contributed by atoms with Gasteiger partial charge >= 0.3 is 0 Å². The van der Waals surface area contributed by atoms with Crippen molar-refractivity contribution in [3.8, 4) is 11.3 Å². The van der Waals surface area contributed by atoms with E-state index in [2.05, 4.69) is 35.9 Å². The molecule has 16 heavy (non-hydrogen) atoms. The molecule has 3 rings (SSSR count). The van der Waals surface area contributed by atoms with Gasteiger partial charge in [0.25, 0.3) is 0 Å². The van der Waals surface area contributed by atoms with Crippen molar-refractivity contribution in [1.29, 1.82) is 0 Å². The van der Waals surface area contributed by atoms with E-state index in [1.54, 1.807) is 0 Å². The Kier molecular flexibility index (Phi) is 1.87. The van der Waals surface area contributed by atoms with Crippen molar-refractivity contribution >= 4 is 0 Å². The fourth-order valence-electron chi connectivity index (χ4n) is 2.37. The summed E-state index contributed by atoms with van der Waals surface area (Å²) in [5.74, 6) is 0. The minimum absolute atomic E-state index is 0.937. The second kappa shape index (κ2) is 3.14. The molecule has 1 aromatic carbocycles. The van der Waals surface area contributed by atoms with Crippen molar-refractivity contribution in [2.45, 2.75) is 27.2 Å². The summed E-state index contributed by atoms with van der Waals surface area (Å²) in [4.78, 5) is 9.09. The summed E-state index contributed by atoms with van der Waals surface area (Å²) >= 11 is 0. The number of aryl methyl sites for hydroxylation is 2.